The van der Waals surface area contributed by atoms with Gasteiger partial charge in [-0.05, 0) is 55.3 Å². The van der Waals surface area contributed by atoms with E-state index in [-0.39, 0.29) is 0 Å². The van der Waals surface area contributed by atoms with Gasteiger partial charge in [-0.1, -0.05) is 39.0 Å². The first-order valence-electron chi connectivity index (χ1n) is 7.52. The Morgan fingerprint density at radius 1 is 1.26 bits per heavy atom. The van der Waals surface area contributed by atoms with Crippen molar-refractivity contribution in [3.05, 3.63) is 29.8 Å². The Balaban J connectivity index is 1.74. The maximum atomic E-state index is 5.98. The molecule has 0 bridgehead atoms. The molecule has 1 unspecified atom stereocenters. The molecule has 2 N–H and O–H groups in total. The number of nitrogen functional groups attached to an aromatic ring is 1. The summed E-state index contributed by atoms with van der Waals surface area (Å²) in [5.41, 5.74) is 8.68. The maximum absolute atomic E-state index is 5.98. The fraction of sp³-hybridized carbons (Fsp3) is 0.647. The largest absolute Gasteiger partial charge is 0.399 e. The van der Waals surface area contributed by atoms with Gasteiger partial charge in [-0.25, -0.2) is 0 Å². The van der Waals surface area contributed by atoms with Crippen LogP contribution in [0.15, 0.2) is 24.3 Å². The zero-order chi connectivity index (χ0) is 13.9. The van der Waals surface area contributed by atoms with Gasteiger partial charge < -0.3 is 10.6 Å². The van der Waals surface area contributed by atoms with E-state index in [1.165, 1.54) is 38.0 Å². The minimum absolute atomic E-state index is 0.457. The summed E-state index contributed by atoms with van der Waals surface area (Å²) in [4.78, 5) is 2.62. The van der Waals surface area contributed by atoms with E-state index in [4.69, 9.17) is 5.73 Å². The average Bonchev–Trinajstić information content (AvgIpc) is 2.80. The molecule has 1 fully saturated rings. The van der Waals surface area contributed by atoms with Crippen LogP contribution < -0.4 is 5.73 Å². The molecule has 1 atom stereocenters. The summed E-state index contributed by atoms with van der Waals surface area (Å²) < 4.78 is 0. The minimum Gasteiger partial charge on any atom is -0.399 e. The zero-order valence-corrected chi connectivity index (χ0v) is 12.7. The van der Waals surface area contributed by atoms with Crippen molar-refractivity contribution in [2.75, 3.05) is 25.4 Å². The Labute approximate surface area is 118 Å². The summed E-state index contributed by atoms with van der Waals surface area (Å²) in [6, 6.07) is 8.24. The molecule has 1 heterocycles. The molecule has 0 amide bonds. The number of hydrogen-bond donors (Lipinski definition) is 1. The maximum Gasteiger partial charge on any atom is 0.0346 e. The van der Waals surface area contributed by atoms with Gasteiger partial charge in [0.2, 0.25) is 0 Å². The molecule has 0 radical (unpaired) electrons. The van der Waals surface area contributed by atoms with Crippen LogP contribution in [0.4, 0.5) is 5.69 Å². The normalized spacial score (nSPS) is 20.9. The monoisotopic (exact) mass is 260 g/mol. The summed E-state index contributed by atoms with van der Waals surface area (Å²) in [5.74, 6) is 0.856. The molecule has 0 saturated carbocycles. The third kappa shape index (κ3) is 3.97. The first-order chi connectivity index (χ1) is 8.97. The molecule has 106 valence electrons. The third-order valence-electron chi connectivity index (χ3n) is 4.47. The summed E-state index contributed by atoms with van der Waals surface area (Å²) >= 11 is 0. The number of nitrogens with zero attached hydrogens (tertiary/aromatic N) is 1. The Morgan fingerprint density at radius 2 is 2.00 bits per heavy atom. The molecular formula is C17H28N2. The van der Waals surface area contributed by atoms with Gasteiger partial charge in [-0.2, -0.15) is 0 Å². The second-order valence-corrected chi connectivity index (χ2v) is 6.95. The van der Waals surface area contributed by atoms with Crippen molar-refractivity contribution in [1.82, 2.24) is 4.90 Å². The van der Waals surface area contributed by atoms with Crippen LogP contribution in [0.2, 0.25) is 0 Å². The highest BCUT2D eigenvalue weighted by Gasteiger charge is 2.31. The minimum atomic E-state index is 0.457. The first kappa shape index (κ1) is 14.4. The highest BCUT2D eigenvalue weighted by Crippen LogP contribution is 2.33. The van der Waals surface area contributed by atoms with Crippen molar-refractivity contribution >= 4 is 5.69 Å². The lowest BCUT2D eigenvalue weighted by Crippen LogP contribution is -2.27. The van der Waals surface area contributed by atoms with Crippen molar-refractivity contribution in [3.8, 4) is 0 Å². The standard InChI is InChI=1S/C17H28N2/c1-17(2,3)15-10-12-19(13-15)11-6-8-14-7-4-5-9-16(14)18/h4-5,7,9,15H,6,8,10-13,18H2,1-3H3. The number of rotatable bonds is 4. The Kier molecular flexibility index (Phi) is 4.51. The van der Waals surface area contributed by atoms with E-state index in [2.05, 4.69) is 37.8 Å². The second kappa shape index (κ2) is 5.96. The molecule has 1 aliphatic heterocycles. The van der Waals surface area contributed by atoms with Gasteiger partial charge >= 0.3 is 0 Å². The number of benzene rings is 1. The molecule has 2 heteroatoms. The van der Waals surface area contributed by atoms with Crippen molar-refractivity contribution in [2.45, 2.75) is 40.0 Å². The van der Waals surface area contributed by atoms with Gasteiger partial charge in [0.05, 0.1) is 0 Å². The molecular weight excluding hydrogens is 232 g/mol. The highest BCUT2D eigenvalue weighted by molar-refractivity contribution is 5.46. The molecule has 0 aliphatic carbocycles. The molecule has 1 aromatic carbocycles. The topological polar surface area (TPSA) is 29.3 Å². The summed E-state index contributed by atoms with van der Waals surface area (Å²) in [5, 5.41) is 0. The quantitative estimate of drug-likeness (QED) is 0.839. The SMILES string of the molecule is CC(C)(C)C1CCN(CCCc2ccccc2N)C1. The zero-order valence-electron chi connectivity index (χ0n) is 12.7. The molecule has 2 nitrogen and oxygen atoms in total. The van der Waals surface area contributed by atoms with Crippen molar-refractivity contribution in [1.29, 1.82) is 0 Å². The lowest BCUT2D eigenvalue weighted by atomic mass is 9.80. The first-order valence-corrected chi connectivity index (χ1v) is 7.52. The number of likely N-dealkylation sites (tertiary alicyclic amines) is 1. The molecule has 1 aromatic rings. The van der Waals surface area contributed by atoms with Gasteiger partial charge in [0.15, 0.2) is 0 Å². The second-order valence-electron chi connectivity index (χ2n) is 6.95. The summed E-state index contributed by atoms with van der Waals surface area (Å²) in [6.45, 7) is 10.9. The molecule has 2 rings (SSSR count). The number of aryl methyl sites for hydroxylation is 1. The van der Waals surface area contributed by atoms with Crippen LogP contribution in [0.1, 0.15) is 39.2 Å². The lowest BCUT2D eigenvalue weighted by molar-refractivity contribution is 0.228. The number of anilines is 1. The van der Waals surface area contributed by atoms with Crippen LogP contribution in [0.3, 0.4) is 0 Å². The van der Waals surface area contributed by atoms with Gasteiger partial charge in [-0.15, -0.1) is 0 Å². The fourth-order valence-electron chi connectivity index (χ4n) is 3.00. The Bertz CT molecular complexity index is 406. The fourth-order valence-corrected chi connectivity index (χ4v) is 3.00. The van der Waals surface area contributed by atoms with Crippen molar-refractivity contribution < 1.29 is 0 Å². The predicted molar refractivity (Wildman–Crippen MR) is 83.2 cm³/mol. The van der Waals surface area contributed by atoms with Gasteiger partial charge in [0.25, 0.3) is 0 Å². The van der Waals surface area contributed by atoms with Crippen molar-refractivity contribution in [2.24, 2.45) is 11.3 Å². The van der Waals surface area contributed by atoms with Crippen LogP contribution in [0.5, 0.6) is 0 Å². The lowest BCUT2D eigenvalue weighted by Gasteiger charge is -2.27. The van der Waals surface area contributed by atoms with Gasteiger partial charge in [-0.3, -0.25) is 0 Å². The average molecular weight is 260 g/mol. The van der Waals surface area contributed by atoms with E-state index in [9.17, 15) is 0 Å². The van der Waals surface area contributed by atoms with Gasteiger partial charge in [0.1, 0.15) is 0 Å². The van der Waals surface area contributed by atoms with Crippen LogP contribution in [0, 0.1) is 11.3 Å². The van der Waals surface area contributed by atoms with E-state index in [1.807, 2.05) is 12.1 Å². The molecule has 19 heavy (non-hydrogen) atoms. The van der Waals surface area contributed by atoms with E-state index < -0.39 is 0 Å². The number of hydrogen-bond acceptors (Lipinski definition) is 2. The summed E-state index contributed by atoms with van der Waals surface area (Å²) in [6.07, 6.45) is 3.67. The number of para-hydroxylation sites is 1. The van der Waals surface area contributed by atoms with Crippen molar-refractivity contribution in [3.63, 3.8) is 0 Å². The Morgan fingerprint density at radius 3 is 2.63 bits per heavy atom. The van der Waals surface area contributed by atoms with E-state index in [1.54, 1.807) is 0 Å². The van der Waals surface area contributed by atoms with Crippen LogP contribution in [0.25, 0.3) is 0 Å². The smallest absolute Gasteiger partial charge is 0.0346 e. The molecule has 0 aromatic heterocycles. The van der Waals surface area contributed by atoms with E-state index in [0.717, 1.165) is 18.0 Å². The summed E-state index contributed by atoms with van der Waals surface area (Å²) in [7, 11) is 0. The van der Waals surface area contributed by atoms with Gasteiger partial charge in [0, 0.05) is 12.2 Å². The predicted octanol–water partition coefficient (Wildman–Crippen LogP) is 3.57. The highest BCUT2D eigenvalue weighted by atomic mass is 15.1. The molecule has 0 spiro atoms. The van der Waals surface area contributed by atoms with E-state index in [0.29, 0.717) is 5.41 Å². The third-order valence-corrected chi connectivity index (χ3v) is 4.47. The van der Waals surface area contributed by atoms with E-state index >= 15 is 0 Å². The van der Waals surface area contributed by atoms with Crippen LogP contribution in [-0.2, 0) is 6.42 Å². The molecule has 1 saturated heterocycles. The van der Waals surface area contributed by atoms with Crippen LogP contribution in [-0.4, -0.2) is 24.5 Å². The number of nitrogens with two attached hydrogens (primary N) is 1. The Hall–Kier alpha value is -1.02. The molecule has 1 aliphatic rings. The van der Waals surface area contributed by atoms with Crippen LogP contribution >= 0.6 is 0 Å².